The van der Waals surface area contributed by atoms with Gasteiger partial charge in [-0.3, -0.25) is 0 Å². The van der Waals surface area contributed by atoms with Gasteiger partial charge < -0.3 is 19.1 Å². The van der Waals surface area contributed by atoms with Crippen LogP contribution in [0.25, 0.3) is 33.7 Å². The Morgan fingerprint density at radius 1 is 0.358 bits per heavy atom. The van der Waals surface area contributed by atoms with Gasteiger partial charge in [0.2, 0.25) is 5.89 Å². The summed E-state index contributed by atoms with van der Waals surface area (Å²) in [5.41, 5.74) is 24.7. The van der Waals surface area contributed by atoms with Crippen molar-refractivity contribution >= 4 is 85.4 Å². The van der Waals surface area contributed by atoms with E-state index in [4.69, 9.17) is 9.40 Å². The predicted octanol–water partition coefficient (Wildman–Crippen LogP) is 19.2. The van der Waals surface area contributed by atoms with E-state index >= 15 is 0 Å². The highest BCUT2D eigenvalue weighted by Gasteiger charge is 2.45. The molecule has 0 atom stereocenters. The van der Waals surface area contributed by atoms with Crippen LogP contribution in [0.2, 0.25) is 0 Å². The number of nitrogens with zero attached hydrogens (tertiary/aromatic N) is 4. The monoisotopic (exact) mass is 1060 g/mol. The van der Waals surface area contributed by atoms with Crippen LogP contribution >= 0.6 is 0 Å². The highest BCUT2D eigenvalue weighted by molar-refractivity contribution is 7.00. The highest BCUT2D eigenvalue weighted by Crippen LogP contribution is 2.50. The van der Waals surface area contributed by atoms with Gasteiger partial charge in [-0.25, -0.2) is 4.98 Å². The summed E-state index contributed by atoms with van der Waals surface area (Å²) in [6, 6.07) is 72.7. The van der Waals surface area contributed by atoms with E-state index in [1.807, 2.05) is 0 Å². The normalized spacial score (nSPS) is 13.5. The Balaban J connectivity index is 1.16. The summed E-state index contributed by atoms with van der Waals surface area (Å²) < 4.78 is 7.01. The Bertz CT molecular complexity index is 3920. The van der Waals surface area contributed by atoms with Crippen molar-refractivity contribution in [2.75, 3.05) is 14.7 Å². The quantitative estimate of drug-likeness (QED) is 0.149. The van der Waals surface area contributed by atoms with Gasteiger partial charge in [0.05, 0.1) is 5.69 Å². The van der Waals surface area contributed by atoms with Gasteiger partial charge in [-0.2, -0.15) is 0 Å². The lowest BCUT2D eigenvalue weighted by atomic mass is 9.33. The standard InChI is InChI=1S/C75H77BN4O/c1-71(2,3)51-32-30-49(31-33-51)48-26-28-50(29-27-48)70-77-63-47-65-62(46-68(63)81-70)76-61-43-53(73(7,8)9)36-39-64(61)79(58-37-34-52(35-38-58)72(4,5)6)66-44-60(78(56-22-18-16-19-23-56)57-24-20-17-21-25-57)45-67(69(66)76)80(65)59-41-54(74(10,11)12)40-55(42-59)75(13,14)15/h16-47H,1-15H3. The molecule has 0 fully saturated rings. The molecular formula is C75H77BN4O. The summed E-state index contributed by atoms with van der Waals surface area (Å²) in [6.07, 6.45) is 0. The van der Waals surface area contributed by atoms with Crippen molar-refractivity contribution in [3.8, 4) is 22.6 Å². The van der Waals surface area contributed by atoms with Crippen molar-refractivity contribution in [1.29, 1.82) is 0 Å². The smallest absolute Gasteiger partial charge is 0.252 e. The Hall–Kier alpha value is -8.09. The van der Waals surface area contributed by atoms with Gasteiger partial charge in [0.25, 0.3) is 6.71 Å². The van der Waals surface area contributed by atoms with Crippen molar-refractivity contribution in [3.05, 3.63) is 222 Å². The number of benzene rings is 9. The number of para-hydroxylation sites is 2. The maximum atomic E-state index is 7.01. The molecule has 0 N–H and O–H groups in total. The first-order valence-electron chi connectivity index (χ1n) is 29.0. The first kappa shape index (κ1) is 53.6. The number of hydrogen-bond donors (Lipinski definition) is 0. The lowest BCUT2D eigenvalue weighted by Gasteiger charge is -2.45. The second kappa shape index (κ2) is 19.3. The van der Waals surface area contributed by atoms with Crippen LogP contribution in [0.5, 0.6) is 0 Å². The van der Waals surface area contributed by atoms with E-state index in [2.05, 4.69) is 313 Å². The van der Waals surface area contributed by atoms with Crippen molar-refractivity contribution < 1.29 is 4.42 Å². The minimum Gasteiger partial charge on any atom is -0.436 e. The van der Waals surface area contributed by atoms with Gasteiger partial charge in [0, 0.05) is 51.1 Å². The van der Waals surface area contributed by atoms with Gasteiger partial charge in [-0.05, 0) is 173 Å². The largest absolute Gasteiger partial charge is 0.436 e. The third-order valence-electron chi connectivity index (χ3n) is 16.8. The molecule has 0 saturated carbocycles. The van der Waals surface area contributed by atoms with Crippen molar-refractivity contribution in [2.24, 2.45) is 0 Å². The van der Waals surface area contributed by atoms with Crippen LogP contribution in [0.3, 0.4) is 0 Å². The zero-order valence-electron chi connectivity index (χ0n) is 50.2. The topological polar surface area (TPSA) is 35.8 Å². The van der Waals surface area contributed by atoms with Crippen LogP contribution in [-0.4, -0.2) is 11.7 Å². The van der Waals surface area contributed by atoms with E-state index < -0.39 is 0 Å². The van der Waals surface area contributed by atoms with Crippen LogP contribution < -0.4 is 31.1 Å². The van der Waals surface area contributed by atoms with Crippen LogP contribution in [0.15, 0.2) is 199 Å². The molecule has 0 unspecified atom stereocenters. The van der Waals surface area contributed by atoms with Gasteiger partial charge in [-0.15, -0.1) is 0 Å². The molecule has 9 aromatic carbocycles. The molecule has 2 aliphatic heterocycles. The molecule has 12 rings (SSSR count). The van der Waals surface area contributed by atoms with Gasteiger partial charge in [0.1, 0.15) is 5.52 Å². The summed E-state index contributed by atoms with van der Waals surface area (Å²) in [7, 11) is 0. The number of hydrogen-bond acceptors (Lipinski definition) is 5. The first-order valence-corrected chi connectivity index (χ1v) is 29.0. The van der Waals surface area contributed by atoms with E-state index in [-0.39, 0.29) is 33.8 Å². The van der Waals surface area contributed by atoms with E-state index in [1.165, 1.54) is 49.8 Å². The van der Waals surface area contributed by atoms with Crippen LogP contribution in [0.4, 0.5) is 51.2 Å². The summed E-state index contributed by atoms with van der Waals surface area (Å²) in [4.78, 5) is 12.9. The van der Waals surface area contributed by atoms with Crippen molar-refractivity contribution in [3.63, 3.8) is 0 Å². The van der Waals surface area contributed by atoms with Crippen LogP contribution in [0, 0.1) is 0 Å². The fourth-order valence-electron chi connectivity index (χ4n) is 12.0. The SMILES string of the molecule is CC(C)(C)c1ccc(-c2ccc(-c3nc4cc5c(cc4o3)B3c4cc(C(C)(C)C)ccc4N(c4ccc(C(C)(C)C)cc4)c4cc(N(c6ccccc6)c6ccccc6)cc(c43)N5c3cc(C(C)(C)C)cc(C(C)(C)C)c3)cc2)cc1. The van der Waals surface area contributed by atoms with Gasteiger partial charge in [-0.1, -0.05) is 207 Å². The molecule has 0 saturated heterocycles. The predicted molar refractivity (Wildman–Crippen MR) is 347 cm³/mol. The number of anilines is 9. The maximum Gasteiger partial charge on any atom is 0.252 e. The molecule has 6 heteroatoms. The van der Waals surface area contributed by atoms with Crippen molar-refractivity contribution in [2.45, 2.75) is 131 Å². The Kier molecular flexibility index (Phi) is 12.8. The number of aromatic nitrogens is 1. The average Bonchev–Trinajstić information content (AvgIpc) is 3.86. The summed E-state index contributed by atoms with van der Waals surface area (Å²) >= 11 is 0. The molecule has 3 heterocycles. The average molecular weight is 1060 g/mol. The molecule has 0 radical (unpaired) electrons. The first-order chi connectivity index (χ1) is 38.3. The molecular weight excluding hydrogens is 984 g/mol. The number of oxazole rings is 1. The summed E-state index contributed by atoms with van der Waals surface area (Å²) in [5, 5.41) is 0. The lowest BCUT2D eigenvalue weighted by Crippen LogP contribution is -2.61. The number of fused-ring (bicyclic) bond motifs is 5. The third kappa shape index (κ3) is 9.85. The summed E-state index contributed by atoms with van der Waals surface area (Å²) in [6.45, 7) is 34.5. The molecule has 0 spiro atoms. The molecule has 10 aromatic rings. The zero-order chi connectivity index (χ0) is 57.1. The molecule has 0 bridgehead atoms. The third-order valence-corrected chi connectivity index (χ3v) is 16.8. The lowest BCUT2D eigenvalue weighted by molar-refractivity contribution is 0.568. The zero-order valence-corrected chi connectivity index (χ0v) is 50.2. The Labute approximate surface area is 482 Å². The van der Waals surface area contributed by atoms with E-state index in [0.29, 0.717) is 5.89 Å². The van der Waals surface area contributed by atoms with E-state index in [9.17, 15) is 0 Å². The van der Waals surface area contributed by atoms with Gasteiger partial charge >= 0.3 is 0 Å². The molecule has 0 amide bonds. The molecule has 81 heavy (non-hydrogen) atoms. The van der Waals surface area contributed by atoms with Gasteiger partial charge in [0.15, 0.2) is 5.58 Å². The Morgan fingerprint density at radius 3 is 1.31 bits per heavy atom. The fourth-order valence-corrected chi connectivity index (χ4v) is 12.0. The summed E-state index contributed by atoms with van der Waals surface area (Å²) in [5.74, 6) is 0.601. The van der Waals surface area contributed by atoms with Crippen LogP contribution in [0.1, 0.15) is 132 Å². The fraction of sp³-hybridized carbons (Fsp3) is 0.267. The second-order valence-corrected chi connectivity index (χ2v) is 27.9. The molecule has 2 aliphatic rings. The molecule has 0 aliphatic carbocycles. The van der Waals surface area contributed by atoms with E-state index in [1.54, 1.807) is 0 Å². The Morgan fingerprint density at radius 2 is 0.802 bits per heavy atom. The molecule has 406 valence electrons. The number of rotatable bonds is 7. The van der Waals surface area contributed by atoms with Crippen LogP contribution in [-0.2, 0) is 27.1 Å². The minimum absolute atomic E-state index is 0.0119. The second-order valence-electron chi connectivity index (χ2n) is 27.9. The molecule has 5 nitrogen and oxygen atoms in total. The van der Waals surface area contributed by atoms with Crippen molar-refractivity contribution in [1.82, 2.24) is 4.98 Å². The molecule has 1 aromatic heterocycles. The maximum absolute atomic E-state index is 7.01. The highest BCUT2D eigenvalue weighted by atomic mass is 16.3. The minimum atomic E-state index is -0.172. The van der Waals surface area contributed by atoms with E-state index in [0.717, 1.165) is 73.4 Å².